The molecule has 0 atom stereocenters. The van der Waals surface area contributed by atoms with Gasteiger partial charge in [0.15, 0.2) is 11.5 Å². The van der Waals surface area contributed by atoms with E-state index in [2.05, 4.69) is 16.7 Å². The average molecular weight is 509 g/mol. The maximum absolute atomic E-state index is 13.1. The molecule has 2 aromatic rings. The molecule has 0 unspecified atom stereocenters. The van der Waals surface area contributed by atoms with Crippen LogP contribution in [0.25, 0.3) is 10.6 Å². The maximum Gasteiger partial charge on any atom is 0.416 e. The summed E-state index contributed by atoms with van der Waals surface area (Å²) in [5.74, 6) is -0.214. The highest BCUT2D eigenvalue weighted by Gasteiger charge is 2.34. The molecule has 0 aliphatic rings. The highest BCUT2D eigenvalue weighted by atomic mass is 35.5. The Hall–Kier alpha value is -2.59. The van der Waals surface area contributed by atoms with E-state index in [1.165, 1.54) is 25.3 Å². The van der Waals surface area contributed by atoms with Crippen molar-refractivity contribution in [2.75, 3.05) is 28.2 Å². The second kappa shape index (κ2) is 9.11. The van der Waals surface area contributed by atoms with E-state index in [1.54, 1.807) is 20.2 Å². The average Bonchev–Trinajstić information content (AvgIpc) is 3.02. The third-order valence-electron chi connectivity index (χ3n) is 4.00. The van der Waals surface area contributed by atoms with Gasteiger partial charge in [-0.2, -0.15) is 23.5 Å². The molecule has 172 valence electrons. The Kier molecular flexibility index (Phi) is 7.31. The number of benzene rings is 1. The van der Waals surface area contributed by atoms with Crippen molar-refractivity contribution in [3.63, 3.8) is 0 Å². The van der Waals surface area contributed by atoms with Crippen molar-refractivity contribution >= 4 is 50.3 Å². The molecule has 1 aromatic heterocycles. The van der Waals surface area contributed by atoms with Crippen molar-refractivity contribution in [2.24, 2.45) is 4.99 Å². The molecular formula is C18H17Cl2F3N6O2S. The quantitative estimate of drug-likeness (QED) is 0.431. The lowest BCUT2D eigenvalue weighted by Gasteiger charge is -2.15. The highest BCUT2D eigenvalue weighted by Crippen LogP contribution is 2.41. The van der Waals surface area contributed by atoms with E-state index in [0.717, 1.165) is 8.99 Å². The Morgan fingerprint density at radius 3 is 2.19 bits per heavy atom. The number of nitrogens with zero attached hydrogens (tertiary/aromatic N) is 6. The van der Waals surface area contributed by atoms with Gasteiger partial charge in [0.1, 0.15) is 11.8 Å². The Balaban J connectivity index is 2.94. The lowest BCUT2D eigenvalue weighted by molar-refractivity contribution is -0.137. The van der Waals surface area contributed by atoms with Gasteiger partial charge in [0.2, 0.25) is 10.0 Å². The Bertz CT molecular complexity index is 1220. The summed E-state index contributed by atoms with van der Waals surface area (Å²) in [4.78, 5) is 5.18. The molecule has 0 amide bonds. The topological polar surface area (TPSA) is 94.6 Å². The van der Waals surface area contributed by atoms with E-state index in [0.29, 0.717) is 12.1 Å². The lowest BCUT2D eigenvalue weighted by atomic mass is 10.2. The van der Waals surface area contributed by atoms with Crippen LogP contribution in [0.4, 0.5) is 19.0 Å². The standard InChI is InChI=1S/C18H17Cl2F3N6O2S/c1-10(32(30,31)28(4)5)15-14(8-24)26-29(17(15)25-9-27(2)3)16-12(19)6-11(7-13(16)20)18(21,22)23/h6-7,9H,1H2,2-5H3/b25-9+. The monoisotopic (exact) mass is 508 g/mol. The zero-order valence-corrected chi connectivity index (χ0v) is 19.6. The number of alkyl halides is 3. The summed E-state index contributed by atoms with van der Waals surface area (Å²) < 4.78 is 66.5. The molecule has 0 N–H and O–H groups in total. The first-order valence-electron chi connectivity index (χ1n) is 8.55. The normalized spacial score (nSPS) is 12.4. The van der Waals surface area contributed by atoms with Crippen molar-refractivity contribution in [1.82, 2.24) is 19.0 Å². The van der Waals surface area contributed by atoms with Gasteiger partial charge in [0.25, 0.3) is 0 Å². The first-order valence-corrected chi connectivity index (χ1v) is 10.7. The summed E-state index contributed by atoms with van der Waals surface area (Å²) in [5.41, 5.74) is -1.95. The molecule has 1 aromatic carbocycles. The van der Waals surface area contributed by atoms with Crippen LogP contribution in [0.3, 0.4) is 0 Å². The van der Waals surface area contributed by atoms with Crippen molar-refractivity contribution in [2.45, 2.75) is 6.18 Å². The number of hydrogen-bond donors (Lipinski definition) is 0. The Labute approximate surface area is 192 Å². The van der Waals surface area contributed by atoms with Gasteiger partial charge in [-0.15, -0.1) is 0 Å². The van der Waals surface area contributed by atoms with E-state index in [-0.39, 0.29) is 17.1 Å². The number of aromatic nitrogens is 2. The summed E-state index contributed by atoms with van der Waals surface area (Å²) in [6.07, 6.45) is -3.43. The lowest BCUT2D eigenvalue weighted by Crippen LogP contribution is -2.22. The predicted molar refractivity (Wildman–Crippen MR) is 117 cm³/mol. The van der Waals surface area contributed by atoms with Gasteiger partial charge in [-0.05, 0) is 12.1 Å². The van der Waals surface area contributed by atoms with Gasteiger partial charge in [-0.3, -0.25) is 0 Å². The van der Waals surface area contributed by atoms with Gasteiger partial charge in [-0.1, -0.05) is 29.8 Å². The molecule has 32 heavy (non-hydrogen) atoms. The zero-order valence-electron chi connectivity index (χ0n) is 17.2. The van der Waals surface area contributed by atoms with Crippen LogP contribution in [0.2, 0.25) is 10.0 Å². The van der Waals surface area contributed by atoms with Crippen molar-refractivity contribution in [1.29, 1.82) is 5.26 Å². The van der Waals surface area contributed by atoms with Gasteiger partial charge in [-0.25, -0.2) is 22.4 Å². The summed E-state index contributed by atoms with van der Waals surface area (Å²) >= 11 is 12.2. The number of rotatable bonds is 6. The van der Waals surface area contributed by atoms with Crippen LogP contribution < -0.4 is 0 Å². The largest absolute Gasteiger partial charge is 0.416 e. The molecule has 0 aliphatic carbocycles. The molecule has 0 saturated carbocycles. The smallest absolute Gasteiger partial charge is 0.369 e. The fourth-order valence-corrected chi connectivity index (χ4v) is 4.00. The number of halogens is 5. The molecule has 0 spiro atoms. The van der Waals surface area contributed by atoms with Crippen LogP contribution in [0.5, 0.6) is 0 Å². The number of nitriles is 1. The second-order valence-electron chi connectivity index (χ2n) is 6.78. The molecule has 0 aliphatic heterocycles. The predicted octanol–water partition coefficient (Wildman–Crippen LogP) is 4.15. The van der Waals surface area contributed by atoms with E-state index in [4.69, 9.17) is 23.2 Å². The van der Waals surface area contributed by atoms with Crippen LogP contribution in [0, 0.1) is 11.3 Å². The summed E-state index contributed by atoms with van der Waals surface area (Å²) in [6.45, 7) is 3.58. The summed E-state index contributed by atoms with van der Waals surface area (Å²) in [7, 11) is 1.67. The van der Waals surface area contributed by atoms with Gasteiger partial charge < -0.3 is 4.90 Å². The molecule has 0 radical (unpaired) electrons. The molecule has 8 nitrogen and oxygen atoms in total. The van der Waals surface area contributed by atoms with Gasteiger partial charge in [0, 0.05) is 28.2 Å². The van der Waals surface area contributed by atoms with Crippen LogP contribution in [0.15, 0.2) is 23.7 Å². The molecular weight excluding hydrogens is 492 g/mol. The van der Waals surface area contributed by atoms with Crippen molar-refractivity contribution in [3.8, 4) is 11.8 Å². The molecule has 0 bridgehead atoms. The number of hydrogen-bond acceptors (Lipinski definition) is 5. The van der Waals surface area contributed by atoms with Crippen LogP contribution in [0.1, 0.15) is 16.8 Å². The van der Waals surface area contributed by atoms with Gasteiger partial charge >= 0.3 is 6.18 Å². The Morgan fingerprint density at radius 2 is 1.78 bits per heavy atom. The number of sulfonamides is 1. The van der Waals surface area contributed by atoms with Crippen LogP contribution in [-0.4, -0.2) is 61.9 Å². The molecule has 2 rings (SSSR count). The molecule has 0 saturated heterocycles. The van der Waals surface area contributed by atoms with E-state index in [1.807, 2.05) is 0 Å². The Morgan fingerprint density at radius 1 is 1.25 bits per heavy atom. The minimum atomic E-state index is -4.71. The van der Waals surface area contributed by atoms with Crippen molar-refractivity contribution < 1.29 is 21.6 Å². The third kappa shape index (κ3) is 4.91. The first kappa shape index (κ1) is 25.7. The van der Waals surface area contributed by atoms with E-state index >= 15 is 0 Å². The molecule has 0 fully saturated rings. The minimum Gasteiger partial charge on any atom is -0.369 e. The zero-order chi connectivity index (χ0) is 24.6. The highest BCUT2D eigenvalue weighted by molar-refractivity contribution is 7.98. The van der Waals surface area contributed by atoms with E-state index < -0.39 is 42.4 Å². The second-order valence-corrected chi connectivity index (χ2v) is 9.76. The molecule has 1 heterocycles. The number of aliphatic imine (C=N–C) groups is 1. The third-order valence-corrected chi connectivity index (χ3v) is 6.37. The maximum atomic E-state index is 13.1. The SMILES string of the molecule is C=C(c1c(C#N)nn(-c2c(Cl)cc(C(F)(F)F)cc2Cl)c1/N=C/N(C)C)S(=O)(=O)N(C)C. The first-order chi connectivity index (χ1) is 14.6. The van der Waals surface area contributed by atoms with Gasteiger partial charge in [0.05, 0.1) is 32.4 Å². The molecule has 14 heteroatoms. The van der Waals surface area contributed by atoms with E-state index in [9.17, 15) is 26.9 Å². The summed E-state index contributed by atoms with van der Waals surface area (Å²) in [6, 6.07) is 3.03. The van der Waals surface area contributed by atoms with Crippen LogP contribution in [-0.2, 0) is 16.2 Å². The van der Waals surface area contributed by atoms with Crippen molar-refractivity contribution in [3.05, 3.63) is 45.6 Å². The fourth-order valence-electron chi connectivity index (χ4n) is 2.47. The summed E-state index contributed by atoms with van der Waals surface area (Å²) in [5, 5.41) is 12.7. The fraction of sp³-hybridized carbons (Fsp3) is 0.278. The van der Waals surface area contributed by atoms with Crippen LogP contribution >= 0.6 is 23.2 Å². The minimum absolute atomic E-state index is 0.214.